The Morgan fingerprint density at radius 3 is 2.42 bits per heavy atom. The van der Waals surface area contributed by atoms with E-state index in [9.17, 15) is 9.90 Å². The zero-order chi connectivity index (χ0) is 16.7. The van der Waals surface area contributed by atoms with E-state index in [1.54, 1.807) is 12.1 Å². The molecule has 0 saturated carbocycles. The van der Waals surface area contributed by atoms with E-state index >= 15 is 0 Å². The molecular weight excluding hydrogens is 397 g/mol. The summed E-state index contributed by atoms with van der Waals surface area (Å²) in [5, 5.41) is 14.3. The van der Waals surface area contributed by atoms with E-state index < -0.39 is 0 Å². The number of carbonyl (C=O) groups is 1. The number of hydrogen-bond acceptors (Lipinski definition) is 2. The molecule has 24 heavy (non-hydrogen) atoms. The molecule has 2 rings (SSSR count). The molecule has 0 heterocycles. The van der Waals surface area contributed by atoms with Gasteiger partial charge in [0.1, 0.15) is 0 Å². The van der Waals surface area contributed by atoms with Crippen molar-refractivity contribution in [3.8, 4) is 0 Å². The molecule has 0 radical (unpaired) electrons. The summed E-state index contributed by atoms with van der Waals surface area (Å²) in [6.07, 6.45) is 0.800. The summed E-state index contributed by atoms with van der Waals surface area (Å²) in [6.45, 7) is 0.345. The summed E-state index contributed by atoms with van der Waals surface area (Å²) >= 11 is 12.0. The van der Waals surface area contributed by atoms with Crippen LogP contribution in [0.4, 0.5) is 0 Å². The monoisotopic (exact) mass is 413 g/mol. The van der Waals surface area contributed by atoms with Crippen molar-refractivity contribution in [3.63, 3.8) is 0 Å². The van der Waals surface area contributed by atoms with Crippen LogP contribution in [0.15, 0.2) is 48.5 Å². The molecule has 0 saturated heterocycles. The third-order valence-electron chi connectivity index (χ3n) is 3.58. The van der Waals surface area contributed by atoms with Crippen LogP contribution in [0.2, 0.25) is 10.0 Å². The van der Waals surface area contributed by atoms with Crippen LogP contribution in [-0.4, -0.2) is 24.2 Å². The van der Waals surface area contributed by atoms with E-state index in [1.807, 2.05) is 36.4 Å². The largest absolute Gasteiger partial charge is 1.00 e. The molecule has 0 aliphatic carbocycles. The average molecular weight is 415 g/mol. The molecule has 1 N–H and O–H groups in total. The molecule has 0 aliphatic rings. The van der Waals surface area contributed by atoms with E-state index in [0.717, 1.165) is 11.1 Å². The van der Waals surface area contributed by atoms with Gasteiger partial charge in [0.2, 0.25) is 0 Å². The second-order valence-corrected chi connectivity index (χ2v) is 6.09. The van der Waals surface area contributed by atoms with E-state index in [4.69, 9.17) is 23.2 Å². The predicted octanol–water partition coefficient (Wildman–Crippen LogP) is 4.60. The topological polar surface area (TPSA) is 51.4 Å². The Kier molecular flexibility index (Phi) is 9.42. The van der Waals surface area contributed by atoms with E-state index in [1.165, 1.54) is 0 Å². The van der Waals surface area contributed by atoms with Crippen LogP contribution >= 0.6 is 23.2 Å². The van der Waals surface area contributed by atoms with Crippen LogP contribution < -0.4 is 0 Å². The molecule has 0 aliphatic heterocycles. The zero-order valence-electron chi connectivity index (χ0n) is 12.9. The number of nitrogens with zero attached hydrogens (tertiary/aromatic N) is 1. The normalized spacial score (nSPS) is 11.5. The first kappa shape index (κ1) is 21.0. The summed E-state index contributed by atoms with van der Waals surface area (Å²) in [7, 11) is 0. The molecule has 0 aromatic heterocycles. The smallest absolute Gasteiger partial charge is 0.653 e. The fourth-order valence-corrected chi connectivity index (χ4v) is 2.63. The van der Waals surface area contributed by atoms with Crippen molar-refractivity contribution < 1.29 is 27.0 Å². The van der Waals surface area contributed by atoms with Gasteiger partial charge in [0, 0.05) is 13.0 Å². The first-order valence-corrected chi connectivity index (χ1v) is 8.16. The van der Waals surface area contributed by atoms with Gasteiger partial charge < -0.3 is 15.2 Å². The maximum Gasteiger partial charge on any atom is 1.00 e. The van der Waals surface area contributed by atoms with Crippen molar-refractivity contribution in [2.45, 2.75) is 18.8 Å². The third kappa shape index (κ3) is 6.46. The summed E-state index contributed by atoms with van der Waals surface area (Å²) in [6, 6.07) is 14.8. The molecule has 0 bridgehead atoms. The Morgan fingerprint density at radius 1 is 1.08 bits per heavy atom. The van der Waals surface area contributed by atoms with Gasteiger partial charge in [0.05, 0.1) is 16.0 Å². The van der Waals surface area contributed by atoms with Gasteiger partial charge in [-0.05, 0) is 35.6 Å². The molecule has 1 atom stereocenters. The van der Waals surface area contributed by atoms with Gasteiger partial charge in [0.25, 0.3) is 0 Å². The number of benzene rings is 2. The van der Waals surface area contributed by atoms with Crippen LogP contribution in [0, 0.1) is 0 Å². The van der Waals surface area contributed by atoms with Gasteiger partial charge in [-0.15, -0.1) is 6.54 Å². The number of amides is 1. The van der Waals surface area contributed by atoms with E-state index in [2.05, 4.69) is 5.32 Å². The van der Waals surface area contributed by atoms with Crippen molar-refractivity contribution in [1.29, 1.82) is 0 Å². The standard InChI is InChI=1S/C18H19Cl2NO2.Cu/c19-16-7-6-14(11-17(16)20)15(8-9-22)12-21-18(23)10-13-4-2-1-3-5-13;/h1-7,11,15,22H,8-10,12H2,(H,21,23);/q;+1/p-1. The zero-order valence-corrected chi connectivity index (χ0v) is 15.3. The summed E-state index contributed by atoms with van der Waals surface area (Å²) in [5.41, 5.74) is 1.86. The van der Waals surface area contributed by atoms with Crippen LogP contribution in [0.1, 0.15) is 23.5 Å². The predicted molar refractivity (Wildman–Crippen MR) is 94.3 cm³/mol. The maximum atomic E-state index is 12.0. The second kappa shape index (κ2) is 10.8. The molecule has 1 amide bonds. The molecule has 132 valence electrons. The minimum absolute atomic E-state index is 0. The Hall–Kier alpha value is -1.03. The Labute approximate surface area is 162 Å². The van der Waals surface area contributed by atoms with Gasteiger partial charge in [-0.2, -0.15) is 0 Å². The van der Waals surface area contributed by atoms with Gasteiger partial charge >= 0.3 is 17.1 Å². The quantitative estimate of drug-likeness (QED) is 0.673. The summed E-state index contributed by atoms with van der Waals surface area (Å²) in [4.78, 5) is 12.0. The number of aliphatic hydroxyl groups excluding tert-OH is 1. The van der Waals surface area contributed by atoms with Gasteiger partial charge in [-0.1, -0.05) is 59.6 Å². The second-order valence-electron chi connectivity index (χ2n) is 5.28. The molecule has 2 aromatic carbocycles. The molecule has 2 aromatic rings. The van der Waals surface area contributed by atoms with Gasteiger partial charge in [0.15, 0.2) is 0 Å². The summed E-state index contributed by atoms with van der Waals surface area (Å²) < 4.78 is 0. The van der Waals surface area contributed by atoms with Crippen LogP contribution in [0.25, 0.3) is 5.32 Å². The first-order chi connectivity index (χ1) is 11.1. The number of aliphatic hydroxyl groups is 1. The van der Waals surface area contributed by atoms with Crippen LogP contribution in [0.3, 0.4) is 0 Å². The van der Waals surface area contributed by atoms with E-state index in [0.29, 0.717) is 23.0 Å². The van der Waals surface area contributed by atoms with Gasteiger partial charge in [-0.3, -0.25) is 0 Å². The van der Waals surface area contributed by atoms with Crippen molar-refractivity contribution >= 4 is 29.1 Å². The SMILES string of the molecule is O=C(Cc1ccccc1)[N-]CC(CCO)c1ccc(Cl)c(Cl)c1.[Cu+]. The number of hydrogen-bond donors (Lipinski definition) is 1. The molecule has 1 unspecified atom stereocenters. The number of rotatable bonds is 7. The number of carbonyl (C=O) groups excluding carboxylic acids is 1. The Balaban J connectivity index is 0.00000288. The van der Waals surface area contributed by atoms with Crippen molar-refractivity contribution in [2.75, 3.05) is 13.2 Å². The molecule has 3 nitrogen and oxygen atoms in total. The van der Waals surface area contributed by atoms with Crippen molar-refractivity contribution in [2.24, 2.45) is 0 Å². The molecule has 6 heteroatoms. The Morgan fingerprint density at radius 2 is 1.79 bits per heavy atom. The molecule has 0 spiro atoms. The third-order valence-corrected chi connectivity index (χ3v) is 4.32. The van der Waals surface area contributed by atoms with E-state index in [-0.39, 0.29) is 41.9 Å². The maximum absolute atomic E-state index is 12.0. The van der Waals surface area contributed by atoms with Crippen LogP contribution in [0.5, 0.6) is 0 Å². The van der Waals surface area contributed by atoms with Gasteiger partial charge in [-0.25, -0.2) is 0 Å². The van der Waals surface area contributed by atoms with Crippen molar-refractivity contribution in [1.82, 2.24) is 0 Å². The van der Waals surface area contributed by atoms with Crippen molar-refractivity contribution in [3.05, 3.63) is 75.0 Å². The summed E-state index contributed by atoms with van der Waals surface area (Å²) in [5.74, 6) is -0.228. The fraction of sp³-hybridized carbons (Fsp3) is 0.278. The minimum Gasteiger partial charge on any atom is -0.653 e. The average Bonchev–Trinajstić information content (AvgIpc) is 2.55. The number of halogens is 2. The minimum atomic E-state index is -0.167. The first-order valence-electron chi connectivity index (χ1n) is 7.40. The fourth-order valence-electron chi connectivity index (χ4n) is 2.32. The molecular formula is C18H18Cl2CuNO2. The van der Waals surface area contributed by atoms with Crippen LogP contribution in [-0.2, 0) is 28.3 Å². The molecule has 0 fully saturated rings. The Bertz CT molecular complexity index is 653.